The van der Waals surface area contributed by atoms with Gasteiger partial charge in [-0.15, -0.1) is 5.10 Å². The molecule has 0 radical (unpaired) electrons. The van der Waals surface area contributed by atoms with Crippen LogP contribution >= 0.6 is 0 Å². The van der Waals surface area contributed by atoms with Crippen molar-refractivity contribution < 1.29 is 19.4 Å². The van der Waals surface area contributed by atoms with Gasteiger partial charge in [0.2, 0.25) is 11.9 Å². The van der Waals surface area contributed by atoms with Gasteiger partial charge in [-0.25, -0.2) is 4.79 Å². The third kappa shape index (κ3) is 3.77. The molecule has 0 saturated carbocycles. The fourth-order valence-corrected chi connectivity index (χ4v) is 2.39. The molecule has 0 aliphatic carbocycles. The number of hydrogen-bond acceptors (Lipinski definition) is 8. The van der Waals surface area contributed by atoms with Gasteiger partial charge in [0.1, 0.15) is 11.3 Å². The minimum atomic E-state index is -1.27. The van der Waals surface area contributed by atoms with Gasteiger partial charge < -0.3 is 25.2 Å². The number of aliphatic hydroxyl groups excluding tert-OH is 1. The molecular formula is C17H21N5O4. The van der Waals surface area contributed by atoms with Gasteiger partial charge in [-0.2, -0.15) is 9.67 Å². The maximum atomic E-state index is 11.8. The van der Waals surface area contributed by atoms with Gasteiger partial charge >= 0.3 is 5.97 Å². The minimum Gasteiger partial charge on any atom is -0.491 e. The zero-order chi connectivity index (χ0) is 18.7. The normalized spacial score (nSPS) is 15.7. The first-order valence-electron chi connectivity index (χ1n) is 8.30. The minimum absolute atomic E-state index is 0.0611. The van der Waals surface area contributed by atoms with Crippen LogP contribution in [-0.4, -0.2) is 38.6 Å². The zero-order valence-corrected chi connectivity index (χ0v) is 14.8. The van der Waals surface area contributed by atoms with Gasteiger partial charge in [-0.3, -0.25) is 0 Å². The van der Waals surface area contributed by atoms with Gasteiger partial charge in [-0.05, 0) is 45.0 Å². The monoisotopic (exact) mass is 359 g/mol. The molecule has 3 rings (SSSR count). The number of rotatable bonds is 6. The highest BCUT2D eigenvalue weighted by Gasteiger charge is 2.29. The first kappa shape index (κ1) is 17.7. The molecule has 0 saturated heterocycles. The molecule has 0 bridgehead atoms. The Morgan fingerprint density at radius 2 is 2.12 bits per heavy atom. The van der Waals surface area contributed by atoms with E-state index >= 15 is 0 Å². The van der Waals surface area contributed by atoms with E-state index in [-0.39, 0.29) is 24.2 Å². The summed E-state index contributed by atoms with van der Waals surface area (Å²) in [4.78, 5) is 16.1. The van der Waals surface area contributed by atoms with Crippen LogP contribution in [-0.2, 0) is 9.53 Å². The van der Waals surface area contributed by atoms with Crippen molar-refractivity contribution in [2.45, 2.75) is 33.1 Å². The number of esters is 1. The molecule has 1 unspecified atom stereocenters. The molecule has 2 aromatic rings. The fourth-order valence-electron chi connectivity index (χ4n) is 2.39. The summed E-state index contributed by atoms with van der Waals surface area (Å²) in [5.74, 6) is 0.752. The van der Waals surface area contributed by atoms with E-state index in [0.29, 0.717) is 5.95 Å². The molecule has 2 heterocycles. The lowest BCUT2D eigenvalue weighted by molar-refractivity contribution is -0.140. The molecule has 3 N–H and O–H groups in total. The number of fused-ring (bicyclic) bond motifs is 1. The quantitative estimate of drug-likeness (QED) is 0.673. The highest BCUT2D eigenvalue weighted by Crippen LogP contribution is 2.27. The predicted octanol–water partition coefficient (Wildman–Crippen LogP) is 2.17. The number of nitrogens with one attached hydrogen (secondary N) is 2. The Bertz CT molecular complexity index is 813. The molecule has 9 nitrogen and oxygen atoms in total. The second-order valence-electron chi connectivity index (χ2n) is 5.86. The van der Waals surface area contributed by atoms with Crippen LogP contribution in [0.1, 0.15) is 27.0 Å². The highest BCUT2D eigenvalue weighted by molar-refractivity contribution is 5.90. The van der Waals surface area contributed by atoms with E-state index in [4.69, 9.17) is 9.47 Å². The third-order valence-electron chi connectivity index (χ3n) is 3.49. The van der Waals surface area contributed by atoms with Crippen molar-refractivity contribution in [1.82, 2.24) is 14.8 Å². The first-order chi connectivity index (χ1) is 12.5. The molecule has 0 amide bonds. The lowest BCUT2D eigenvalue weighted by atomic mass is 10.2. The van der Waals surface area contributed by atoms with Crippen LogP contribution in [0.5, 0.6) is 5.75 Å². The molecule has 1 aromatic carbocycles. The lowest BCUT2D eigenvalue weighted by Gasteiger charge is -2.19. The maximum Gasteiger partial charge on any atom is 0.340 e. The number of carbonyl (C=O) groups excluding carboxylic acids is 1. The van der Waals surface area contributed by atoms with Crippen molar-refractivity contribution in [2.75, 3.05) is 17.2 Å². The average molecular weight is 359 g/mol. The van der Waals surface area contributed by atoms with Crippen LogP contribution in [0.25, 0.3) is 0 Å². The summed E-state index contributed by atoms with van der Waals surface area (Å²) >= 11 is 0. The Labute approximate surface area is 150 Å². The van der Waals surface area contributed by atoms with E-state index in [1.807, 2.05) is 38.1 Å². The third-order valence-corrected chi connectivity index (χ3v) is 3.49. The van der Waals surface area contributed by atoms with E-state index in [1.54, 1.807) is 6.92 Å². The van der Waals surface area contributed by atoms with Crippen molar-refractivity contribution in [2.24, 2.45) is 0 Å². The first-order valence-corrected chi connectivity index (χ1v) is 8.30. The van der Waals surface area contributed by atoms with Crippen LogP contribution in [0.15, 0.2) is 36.0 Å². The fraction of sp³-hybridized carbons (Fsp3) is 0.353. The molecular weight excluding hydrogens is 338 g/mol. The van der Waals surface area contributed by atoms with Crippen molar-refractivity contribution in [1.29, 1.82) is 0 Å². The second kappa shape index (κ2) is 7.44. The van der Waals surface area contributed by atoms with Crippen LogP contribution in [0.2, 0.25) is 0 Å². The summed E-state index contributed by atoms with van der Waals surface area (Å²) in [7, 11) is 0. The van der Waals surface area contributed by atoms with Gasteiger partial charge in [0.25, 0.3) is 0 Å². The predicted molar refractivity (Wildman–Crippen MR) is 95.1 cm³/mol. The number of nitrogens with zero attached hydrogens (tertiary/aromatic N) is 3. The Balaban J connectivity index is 1.71. The number of anilines is 3. The van der Waals surface area contributed by atoms with Crippen molar-refractivity contribution in [3.05, 3.63) is 36.0 Å². The van der Waals surface area contributed by atoms with E-state index < -0.39 is 12.2 Å². The smallest absolute Gasteiger partial charge is 0.340 e. The van der Waals surface area contributed by atoms with Gasteiger partial charge in [0.05, 0.1) is 12.7 Å². The van der Waals surface area contributed by atoms with Crippen LogP contribution in [0.4, 0.5) is 17.6 Å². The molecule has 1 aliphatic heterocycles. The van der Waals surface area contributed by atoms with E-state index in [2.05, 4.69) is 20.7 Å². The van der Waals surface area contributed by atoms with Crippen molar-refractivity contribution in [3.63, 3.8) is 0 Å². The standard InChI is InChI=1S/C17H21N5O4/c1-4-25-15(24)13-9-18-17-20-16(21-22(17)14(13)23)19-11-5-7-12(8-6-11)26-10(2)3/h5-10,14,23H,4H2,1-3H3,(H2,18,19,20,21). The number of aliphatic hydroxyl groups is 1. The second-order valence-corrected chi connectivity index (χ2v) is 5.86. The number of benzene rings is 1. The summed E-state index contributed by atoms with van der Waals surface area (Å²) < 4.78 is 11.7. The van der Waals surface area contributed by atoms with Gasteiger partial charge in [0.15, 0.2) is 6.23 Å². The lowest BCUT2D eigenvalue weighted by Crippen LogP contribution is -2.26. The van der Waals surface area contributed by atoms with E-state index in [1.165, 1.54) is 10.9 Å². The van der Waals surface area contributed by atoms with Gasteiger partial charge in [-0.1, -0.05) is 0 Å². The molecule has 0 spiro atoms. The van der Waals surface area contributed by atoms with E-state index in [0.717, 1.165) is 11.4 Å². The number of aromatic nitrogens is 3. The van der Waals surface area contributed by atoms with Crippen LogP contribution in [0, 0.1) is 0 Å². The Kier molecular flexibility index (Phi) is 5.08. The summed E-state index contributed by atoms with van der Waals surface area (Å²) in [5, 5.41) is 20.4. The Morgan fingerprint density at radius 1 is 1.38 bits per heavy atom. The molecule has 1 aliphatic rings. The molecule has 1 aromatic heterocycles. The summed E-state index contributed by atoms with van der Waals surface area (Å²) in [6, 6.07) is 7.35. The van der Waals surface area contributed by atoms with Crippen molar-refractivity contribution in [3.8, 4) is 5.75 Å². The molecule has 138 valence electrons. The Morgan fingerprint density at radius 3 is 2.77 bits per heavy atom. The zero-order valence-electron chi connectivity index (χ0n) is 14.8. The SMILES string of the molecule is CCOC(=O)C1=CNc2nc(Nc3ccc(OC(C)C)cc3)nn2C1O. The largest absolute Gasteiger partial charge is 0.491 e. The number of carbonyl (C=O) groups is 1. The number of ether oxygens (including phenoxy) is 2. The van der Waals surface area contributed by atoms with E-state index in [9.17, 15) is 9.90 Å². The highest BCUT2D eigenvalue weighted by atomic mass is 16.5. The summed E-state index contributed by atoms with van der Waals surface area (Å²) in [6.07, 6.45) is 0.202. The van der Waals surface area contributed by atoms with Gasteiger partial charge in [0, 0.05) is 11.9 Å². The summed E-state index contributed by atoms with van der Waals surface area (Å²) in [6.45, 7) is 5.84. The average Bonchev–Trinajstić information content (AvgIpc) is 3.00. The number of hydrogen-bond donors (Lipinski definition) is 3. The van der Waals surface area contributed by atoms with Crippen molar-refractivity contribution >= 4 is 23.6 Å². The molecule has 26 heavy (non-hydrogen) atoms. The Hall–Kier alpha value is -3.07. The maximum absolute atomic E-state index is 11.8. The van der Waals surface area contributed by atoms with Crippen LogP contribution < -0.4 is 15.4 Å². The van der Waals surface area contributed by atoms with Crippen LogP contribution in [0.3, 0.4) is 0 Å². The molecule has 0 fully saturated rings. The molecule has 9 heteroatoms. The topological polar surface area (TPSA) is 111 Å². The summed E-state index contributed by atoms with van der Waals surface area (Å²) in [5.41, 5.74) is 0.822. The molecule has 1 atom stereocenters.